The molecule has 0 atom stereocenters. The van der Waals surface area contributed by atoms with Gasteiger partial charge in [-0.15, -0.1) is 11.8 Å². The number of benzene rings is 1. The van der Waals surface area contributed by atoms with Crippen LogP contribution in [0.4, 0.5) is 4.39 Å². The molecule has 0 bridgehead atoms. The number of rotatable bonds is 6. The third-order valence-electron chi connectivity index (χ3n) is 1.86. The average molecular weight is 214 g/mol. The van der Waals surface area contributed by atoms with Gasteiger partial charge in [-0.05, 0) is 42.9 Å². The van der Waals surface area contributed by atoms with Gasteiger partial charge in [-0.1, -0.05) is 0 Å². The molecule has 78 valence electrons. The lowest BCUT2D eigenvalue weighted by molar-refractivity contribution is 0.414. The van der Waals surface area contributed by atoms with E-state index in [0.717, 1.165) is 17.9 Å². The van der Waals surface area contributed by atoms with Crippen molar-refractivity contribution in [2.24, 2.45) is 0 Å². The van der Waals surface area contributed by atoms with Crippen LogP contribution in [0.5, 0.6) is 5.75 Å². The first-order valence-electron chi connectivity index (χ1n) is 4.69. The van der Waals surface area contributed by atoms with Crippen molar-refractivity contribution >= 4 is 11.8 Å². The summed E-state index contributed by atoms with van der Waals surface area (Å²) in [6.07, 6.45) is 1.61. The fraction of sp³-hybridized carbons (Fsp3) is 0.455. The normalized spacial score (nSPS) is 10.1. The summed E-state index contributed by atoms with van der Waals surface area (Å²) in [6, 6.07) is 7.94. The van der Waals surface area contributed by atoms with Crippen LogP contribution in [0, 0.1) is 0 Å². The Bertz CT molecular complexity index is 248. The van der Waals surface area contributed by atoms with Gasteiger partial charge < -0.3 is 4.74 Å². The zero-order valence-electron chi connectivity index (χ0n) is 8.33. The molecule has 0 saturated heterocycles. The summed E-state index contributed by atoms with van der Waals surface area (Å²) in [5.41, 5.74) is 0. The molecule has 3 heteroatoms. The van der Waals surface area contributed by atoms with E-state index in [-0.39, 0.29) is 6.67 Å². The molecule has 1 nitrogen and oxygen atoms in total. The summed E-state index contributed by atoms with van der Waals surface area (Å²) in [7, 11) is 1.66. The van der Waals surface area contributed by atoms with Crippen LogP contribution in [0.3, 0.4) is 0 Å². The maximum absolute atomic E-state index is 11.8. The number of hydrogen-bond donors (Lipinski definition) is 0. The molecule has 0 spiro atoms. The molecule has 0 aliphatic carbocycles. The number of ether oxygens (including phenoxy) is 1. The second-order valence-electron chi connectivity index (χ2n) is 2.92. The fourth-order valence-electron chi connectivity index (χ4n) is 1.06. The Balaban J connectivity index is 2.29. The van der Waals surface area contributed by atoms with E-state index < -0.39 is 0 Å². The SMILES string of the molecule is COc1ccc(SCCCCF)cc1. The Labute approximate surface area is 88.7 Å². The van der Waals surface area contributed by atoms with Gasteiger partial charge >= 0.3 is 0 Å². The quantitative estimate of drug-likeness (QED) is 0.529. The van der Waals surface area contributed by atoms with Gasteiger partial charge in [-0.2, -0.15) is 0 Å². The van der Waals surface area contributed by atoms with Crippen LogP contribution >= 0.6 is 11.8 Å². The van der Waals surface area contributed by atoms with Crippen molar-refractivity contribution in [3.63, 3.8) is 0 Å². The lowest BCUT2D eigenvalue weighted by Crippen LogP contribution is -1.84. The zero-order valence-corrected chi connectivity index (χ0v) is 9.15. The molecular formula is C11H15FOS. The molecule has 1 rings (SSSR count). The van der Waals surface area contributed by atoms with Gasteiger partial charge in [-0.25, -0.2) is 0 Å². The molecule has 0 heterocycles. The van der Waals surface area contributed by atoms with E-state index in [1.807, 2.05) is 24.3 Å². The predicted molar refractivity (Wildman–Crippen MR) is 58.9 cm³/mol. The van der Waals surface area contributed by atoms with Crippen molar-refractivity contribution in [1.82, 2.24) is 0 Å². The fourth-order valence-corrected chi connectivity index (χ4v) is 1.97. The monoisotopic (exact) mass is 214 g/mol. The number of unbranched alkanes of at least 4 members (excludes halogenated alkanes) is 1. The molecule has 0 N–H and O–H groups in total. The van der Waals surface area contributed by atoms with Crippen molar-refractivity contribution < 1.29 is 9.13 Å². The minimum absolute atomic E-state index is 0.205. The molecule has 0 unspecified atom stereocenters. The van der Waals surface area contributed by atoms with E-state index >= 15 is 0 Å². The first-order chi connectivity index (χ1) is 6.86. The third kappa shape index (κ3) is 4.01. The smallest absolute Gasteiger partial charge is 0.118 e. The third-order valence-corrected chi connectivity index (χ3v) is 2.95. The van der Waals surface area contributed by atoms with E-state index in [9.17, 15) is 4.39 Å². The number of alkyl halides is 1. The van der Waals surface area contributed by atoms with E-state index in [2.05, 4.69) is 0 Å². The van der Waals surface area contributed by atoms with Crippen molar-refractivity contribution in [2.75, 3.05) is 19.5 Å². The van der Waals surface area contributed by atoms with Gasteiger partial charge in [0.15, 0.2) is 0 Å². The number of thioether (sulfide) groups is 1. The highest BCUT2D eigenvalue weighted by Gasteiger charge is 1.95. The Morgan fingerprint density at radius 1 is 1.21 bits per heavy atom. The molecule has 0 saturated carbocycles. The van der Waals surface area contributed by atoms with Gasteiger partial charge in [0.25, 0.3) is 0 Å². The molecule has 1 aromatic carbocycles. The highest BCUT2D eigenvalue weighted by atomic mass is 32.2. The number of hydrogen-bond acceptors (Lipinski definition) is 2. The van der Waals surface area contributed by atoms with Crippen LogP contribution in [-0.2, 0) is 0 Å². The van der Waals surface area contributed by atoms with Crippen LogP contribution in [0.2, 0.25) is 0 Å². The molecule has 14 heavy (non-hydrogen) atoms. The average Bonchev–Trinajstić information content (AvgIpc) is 2.25. The number of methoxy groups -OCH3 is 1. The second kappa shape index (κ2) is 6.71. The van der Waals surface area contributed by atoms with Crippen molar-refractivity contribution in [1.29, 1.82) is 0 Å². The van der Waals surface area contributed by atoms with E-state index in [1.54, 1.807) is 18.9 Å². The summed E-state index contributed by atoms with van der Waals surface area (Å²) in [4.78, 5) is 1.21. The van der Waals surface area contributed by atoms with Gasteiger partial charge in [0, 0.05) is 4.90 Å². The zero-order chi connectivity index (χ0) is 10.2. The summed E-state index contributed by atoms with van der Waals surface area (Å²) < 4.78 is 16.8. The first-order valence-corrected chi connectivity index (χ1v) is 5.68. The van der Waals surface area contributed by atoms with E-state index in [4.69, 9.17) is 4.74 Å². The van der Waals surface area contributed by atoms with Crippen LogP contribution in [-0.4, -0.2) is 19.5 Å². The maximum Gasteiger partial charge on any atom is 0.118 e. The number of halogens is 1. The minimum Gasteiger partial charge on any atom is -0.497 e. The predicted octanol–water partition coefficient (Wildman–Crippen LogP) is 3.54. The molecule has 0 fully saturated rings. The van der Waals surface area contributed by atoms with Gasteiger partial charge in [0.1, 0.15) is 5.75 Å². The van der Waals surface area contributed by atoms with Crippen LogP contribution < -0.4 is 4.74 Å². The highest BCUT2D eigenvalue weighted by Crippen LogP contribution is 2.22. The molecule has 0 aromatic heterocycles. The van der Waals surface area contributed by atoms with Crippen molar-refractivity contribution in [2.45, 2.75) is 17.7 Å². The van der Waals surface area contributed by atoms with Gasteiger partial charge in [0.05, 0.1) is 13.8 Å². The largest absolute Gasteiger partial charge is 0.497 e. The Morgan fingerprint density at radius 2 is 1.93 bits per heavy atom. The first kappa shape index (κ1) is 11.4. The van der Waals surface area contributed by atoms with Crippen molar-refractivity contribution in [3.05, 3.63) is 24.3 Å². The summed E-state index contributed by atoms with van der Waals surface area (Å²) >= 11 is 1.76. The van der Waals surface area contributed by atoms with E-state index in [0.29, 0.717) is 6.42 Å². The van der Waals surface area contributed by atoms with Crippen LogP contribution in [0.25, 0.3) is 0 Å². The lowest BCUT2D eigenvalue weighted by atomic mass is 10.3. The van der Waals surface area contributed by atoms with Crippen LogP contribution in [0.1, 0.15) is 12.8 Å². The summed E-state index contributed by atoms with van der Waals surface area (Å²) in [5, 5.41) is 0. The second-order valence-corrected chi connectivity index (χ2v) is 4.09. The molecule has 0 aliphatic rings. The van der Waals surface area contributed by atoms with Crippen molar-refractivity contribution in [3.8, 4) is 5.75 Å². The maximum atomic E-state index is 11.8. The Hall–Kier alpha value is -0.700. The van der Waals surface area contributed by atoms with Gasteiger partial charge in [-0.3, -0.25) is 4.39 Å². The lowest BCUT2D eigenvalue weighted by Gasteiger charge is -2.02. The molecular weight excluding hydrogens is 199 g/mol. The molecule has 0 amide bonds. The molecule has 0 radical (unpaired) electrons. The standard InChI is InChI=1S/C11H15FOS/c1-13-10-4-6-11(7-5-10)14-9-3-2-8-12/h4-7H,2-3,8-9H2,1H3. The Kier molecular flexibility index (Phi) is 5.45. The Morgan fingerprint density at radius 3 is 2.50 bits per heavy atom. The highest BCUT2D eigenvalue weighted by molar-refractivity contribution is 7.99. The molecule has 1 aromatic rings. The van der Waals surface area contributed by atoms with Crippen LogP contribution in [0.15, 0.2) is 29.2 Å². The van der Waals surface area contributed by atoms with Gasteiger partial charge in [0.2, 0.25) is 0 Å². The minimum atomic E-state index is -0.205. The molecule has 0 aliphatic heterocycles. The topological polar surface area (TPSA) is 9.23 Å². The van der Waals surface area contributed by atoms with E-state index in [1.165, 1.54) is 4.90 Å². The summed E-state index contributed by atoms with van der Waals surface area (Å²) in [6.45, 7) is -0.205. The summed E-state index contributed by atoms with van der Waals surface area (Å²) in [5.74, 6) is 1.86.